The van der Waals surface area contributed by atoms with Crippen molar-refractivity contribution < 1.29 is 0 Å². The maximum Gasteiger partial charge on any atom is 0.138 e. The molecule has 186 valence electrons. The third kappa shape index (κ3) is 2.85. The lowest BCUT2D eigenvalue weighted by Crippen LogP contribution is -2.00. The highest BCUT2D eigenvalue weighted by Crippen LogP contribution is 2.40. The van der Waals surface area contributed by atoms with Gasteiger partial charge in [0, 0.05) is 44.9 Å². The topological polar surface area (TPSA) is 35.1 Å². The van der Waals surface area contributed by atoms with E-state index in [1.165, 1.54) is 48.9 Å². The predicted octanol–water partition coefficient (Wildman–Crippen LogP) is 8.95. The summed E-state index contributed by atoms with van der Waals surface area (Å²) in [5.41, 5.74) is 7.81. The molecule has 0 saturated carbocycles. The molecule has 0 aliphatic heterocycles. The Labute approximate surface area is 229 Å². The second-order valence-electron chi connectivity index (χ2n) is 10.3. The van der Waals surface area contributed by atoms with Crippen molar-refractivity contribution in [2.45, 2.75) is 0 Å². The number of pyridine rings is 3. The minimum atomic E-state index is 0.889. The molecule has 0 aliphatic rings. The van der Waals surface area contributed by atoms with Crippen molar-refractivity contribution in [1.29, 1.82) is 0 Å². The van der Waals surface area contributed by atoms with Gasteiger partial charge in [-0.15, -0.1) is 0 Å². The maximum atomic E-state index is 5.18. The molecule has 5 heterocycles. The summed E-state index contributed by atoms with van der Waals surface area (Å²) in [6.45, 7) is 0. The Morgan fingerprint density at radius 1 is 0.500 bits per heavy atom. The van der Waals surface area contributed by atoms with E-state index in [9.17, 15) is 0 Å². The summed E-state index contributed by atoms with van der Waals surface area (Å²) in [5, 5.41) is 7.42. The second kappa shape index (κ2) is 8.01. The van der Waals surface area contributed by atoms with E-state index in [0.29, 0.717) is 0 Å². The van der Waals surface area contributed by atoms with E-state index in [4.69, 9.17) is 4.98 Å². The summed E-state index contributed by atoms with van der Waals surface area (Å²) >= 11 is 0. The van der Waals surface area contributed by atoms with Gasteiger partial charge in [0.05, 0.1) is 33.3 Å². The van der Waals surface area contributed by atoms with Gasteiger partial charge < -0.3 is 4.40 Å². The van der Waals surface area contributed by atoms with Gasteiger partial charge in [-0.2, -0.15) is 0 Å². The van der Waals surface area contributed by atoms with Gasteiger partial charge in [0.25, 0.3) is 0 Å². The van der Waals surface area contributed by atoms with Crippen molar-refractivity contribution in [3.8, 4) is 17.1 Å². The van der Waals surface area contributed by atoms with Crippen LogP contribution in [0.25, 0.3) is 77.0 Å². The molecule has 4 heteroatoms. The molecule has 0 N–H and O–H groups in total. The van der Waals surface area contributed by atoms with Crippen LogP contribution in [0.2, 0.25) is 0 Å². The third-order valence-electron chi connectivity index (χ3n) is 8.16. The fourth-order valence-corrected chi connectivity index (χ4v) is 6.49. The van der Waals surface area contributed by atoms with Crippen molar-refractivity contribution in [3.63, 3.8) is 0 Å². The molecule has 0 unspecified atom stereocenters. The van der Waals surface area contributed by atoms with Crippen molar-refractivity contribution in [2.24, 2.45) is 0 Å². The van der Waals surface area contributed by atoms with Crippen molar-refractivity contribution in [3.05, 3.63) is 134 Å². The molecule has 0 saturated heterocycles. The minimum absolute atomic E-state index is 0.889. The van der Waals surface area contributed by atoms with Crippen molar-refractivity contribution >= 4 is 59.9 Å². The molecule has 4 nitrogen and oxygen atoms in total. The number of fused-ring (bicyclic) bond motifs is 12. The van der Waals surface area contributed by atoms with E-state index < -0.39 is 0 Å². The van der Waals surface area contributed by atoms with Gasteiger partial charge in [0.15, 0.2) is 0 Å². The highest BCUT2D eigenvalue weighted by atomic mass is 15.1. The van der Waals surface area contributed by atoms with Crippen LogP contribution >= 0.6 is 0 Å². The van der Waals surface area contributed by atoms with Gasteiger partial charge in [-0.1, -0.05) is 78.9 Å². The molecule has 0 radical (unpaired) electrons. The largest absolute Gasteiger partial charge is 0.307 e. The van der Waals surface area contributed by atoms with Gasteiger partial charge in [-0.05, 0) is 47.9 Å². The van der Waals surface area contributed by atoms with Crippen molar-refractivity contribution in [1.82, 2.24) is 18.9 Å². The molecule has 0 amide bonds. The highest BCUT2D eigenvalue weighted by Gasteiger charge is 2.20. The zero-order valence-corrected chi connectivity index (χ0v) is 21.5. The average Bonchev–Trinajstić information content (AvgIpc) is 3.58. The molecular weight excluding hydrogens is 488 g/mol. The van der Waals surface area contributed by atoms with E-state index in [1.807, 2.05) is 12.3 Å². The first-order valence-corrected chi connectivity index (χ1v) is 13.5. The molecule has 0 fully saturated rings. The fourth-order valence-electron chi connectivity index (χ4n) is 6.49. The zero-order valence-electron chi connectivity index (χ0n) is 21.5. The first-order chi connectivity index (χ1) is 19.9. The van der Waals surface area contributed by atoms with Crippen LogP contribution in [0.4, 0.5) is 0 Å². The summed E-state index contributed by atoms with van der Waals surface area (Å²) in [6, 6.07) is 43.2. The van der Waals surface area contributed by atoms with E-state index >= 15 is 0 Å². The Hall–Kier alpha value is -5.48. The lowest BCUT2D eigenvalue weighted by Gasteiger charge is -2.12. The van der Waals surface area contributed by atoms with Crippen LogP contribution in [0.1, 0.15) is 0 Å². The van der Waals surface area contributed by atoms with Crippen LogP contribution in [-0.4, -0.2) is 18.9 Å². The first kappa shape index (κ1) is 21.5. The lowest BCUT2D eigenvalue weighted by atomic mass is 10.1. The Balaban J connectivity index is 1.51. The van der Waals surface area contributed by atoms with E-state index in [-0.39, 0.29) is 0 Å². The molecular formula is C36H22N4. The Bertz CT molecular complexity index is 2430. The summed E-state index contributed by atoms with van der Waals surface area (Å²) in [6.07, 6.45) is 3.66. The Morgan fingerprint density at radius 2 is 1.23 bits per heavy atom. The van der Waals surface area contributed by atoms with Gasteiger partial charge in [0.2, 0.25) is 0 Å². The van der Waals surface area contributed by atoms with Gasteiger partial charge in [-0.3, -0.25) is 9.55 Å². The zero-order chi connectivity index (χ0) is 26.2. The summed E-state index contributed by atoms with van der Waals surface area (Å²) in [7, 11) is 0. The molecule has 9 rings (SSSR count). The summed E-state index contributed by atoms with van der Waals surface area (Å²) in [4.78, 5) is 9.51. The van der Waals surface area contributed by atoms with Crippen LogP contribution in [0, 0.1) is 0 Å². The fraction of sp³-hybridized carbons (Fsp3) is 0. The van der Waals surface area contributed by atoms with E-state index in [1.54, 1.807) is 6.20 Å². The van der Waals surface area contributed by atoms with Crippen LogP contribution in [0.15, 0.2) is 134 Å². The predicted molar refractivity (Wildman–Crippen MR) is 165 cm³/mol. The van der Waals surface area contributed by atoms with E-state index in [0.717, 1.165) is 28.1 Å². The molecule has 40 heavy (non-hydrogen) atoms. The van der Waals surface area contributed by atoms with Crippen LogP contribution in [0.3, 0.4) is 0 Å². The third-order valence-corrected chi connectivity index (χ3v) is 8.16. The molecule has 4 aromatic carbocycles. The summed E-state index contributed by atoms with van der Waals surface area (Å²) < 4.78 is 4.79. The minimum Gasteiger partial charge on any atom is -0.307 e. The standard InChI is InChI=1S/C36H22N4/c1-2-12-27-25(10-1)26-11-3-5-15-31(26)39-33(27)21-23-18-19-29-28-13-4-6-16-32(28)40(36(29)35(23)39)34-17-7-14-30(38-34)24-9-8-20-37-22-24/h1-22H. The second-order valence-corrected chi connectivity index (χ2v) is 10.3. The maximum absolute atomic E-state index is 5.18. The van der Waals surface area contributed by atoms with Gasteiger partial charge >= 0.3 is 0 Å². The van der Waals surface area contributed by atoms with Gasteiger partial charge in [-0.25, -0.2) is 4.98 Å². The number of rotatable bonds is 2. The molecule has 5 aromatic heterocycles. The number of aromatic nitrogens is 4. The molecule has 0 aliphatic carbocycles. The van der Waals surface area contributed by atoms with Crippen molar-refractivity contribution in [2.75, 3.05) is 0 Å². The number of hydrogen-bond donors (Lipinski definition) is 0. The van der Waals surface area contributed by atoms with Crippen LogP contribution in [0.5, 0.6) is 0 Å². The average molecular weight is 511 g/mol. The number of benzene rings is 4. The molecule has 0 spiro atoms. The quantitative estimate of drug-likeness (QED) is 0.218. The molecule has 0 atom stereocenters. The Kier molecular flexibility index (Phi) is 4.30. The lowest BCUT2D eigenvalue weighted by molar-refractivity contribution is 1.08. The Morgan fingerprint density at radius 3 is 2.02 bits per heavy atom. The number of hydrogen-bond acceptors (Lipinski definition) is 2. The smallest absolute Gasteiger partial charge is 0.138 e. The van der Waals surface area contributed by atoms with E-state index in [2.05, 4.69) is 129 Å². The van der Waals surface area contributed by atoms with Crippen LogP contribution < -0.4 is 0 Å². The normalized spacial score (nSPS) is 12.0. The molecule has 0 bridgehead atoms. The van der Waals surface area contributed by atoms with Crippen LogP contribution in [-0.2, 0) is 0 Å². The monoisotopic (exact) mass is 510 g/mol. The highest BCUT2D eigenvalue weighted by molar-refractivity contribution is 6.22. The summed E-state index contributed by atoms with van der Waals surface area (Å²) in [5.74, 6) is 0.889. The SMILES string of the molecule is c1cncc(-c2cccc(-n3c4ccccc4c4ccc5cc6c7ccccc7c7ccccc7n6c5c43)n2)c1. The molecule has 9 aromatic rings. The van der Waals surface area contributed by atoms with Gasteiger partial charge in [0.1, 0.15) is 5.82 Å². The number of nitrogens with zero attached hydrogens (tertiary/aromatic N) is 4. The first-order valence-electron chi connectivity index (χ1n) is 13.5. The number of para-hydroxylation sites is 2.